The Hall–Kier alpha value is -1.57. The molecular weight excluding hydrogens is 433 g/mol. The van der Waals surface area contributed by atoms with Crippen molar-refractivity contribution in [2.45, 2.75) is 19.8 Å². The Bertz CT molecular complexity index is 906. The second-order valence-corrected chi connectivity index (χ2v) is 9.02. The van der Waals surface area contributed by atoms with E-state index in [0.29, 0.717) is 11.3 Å². The van der Waals surface area contributed by atoms with Gasteiger partial charge in [-0.15, -0.1) is 0 Å². The van der Waals surface area contributed by atoms with E-state index in [1.54, 1.807) is 6.07 Å². The highest BCUT2D eigenvalue weighted by Crippen LogP contribution is 2.47. The molecule has 0 aliphatic carbocycles. The van der Waals surface area contributed by atoms with E-state index in [2.05, 4.69) is 10.3 Å². The standard InChI is InChI=1S/C17H20Cl2FN2O5P/c1-9(2)11-7-10(5-6-12(11)23)27-15-13(18)16(20)22-17(14(15)19)21-8-28(24,25-3)26-4/h5-7,9,23H,8H2,1-4H3,(H,21,22). The molecule has 1 aromatic carbocycles. The number of anilines is 1. The summed E-state index contributed by atoms with van der Waals surface area (Å²) in [6, 6.07) is 4.54. The lowest BCUT2D eigenvalue weighted by Crippen LogP contribution is -2.08. The van der Waals surface area contributed by atoms with Crippen LogP contribution in [-0.4, -0.2) is 30.6 Å². The Morgan fingerprint density at radius 3 is 2.46 bits per heavy atom. The molecule has 7 nitrogen and oxygen atoms in total. The number of rotatable bonds is 8. The van der Waals surface area contributed by atoms with Crippen molar-refractivity contribution in [3.05, 3.63) is 39.8 Å². The largest absolute Gasteiger partial charge is 0.508 e. The number of hydrogen-bond acceptors (Lipinski definition) is 7. The first-order valence-electron chi connectivity index (χ1n) is 8.11. The molecule has 0 saturated carbocycles. The minimum atomic E-state index is -3.43. The maximum absolute atomic E-state index is 14.2. The van der Waals surface area contributed by atoms with Crippen LogP contribution in [0.3, 0.4) is 0 Å². The van der Waals surface area contributed by atoms with Gasteiger partial charge in [-0.3, -0.25) is 4.57 Å². The SMILES string of the molecule is COP(=O)(CNc1nc(F)c(Cl)c(Oc2ccc(O)c(C(C)C)c2)c1Cl)OC. The smallest absolute Gasteiger partial charge is 0.349 e. The van der Waals surface area contributed by atoms with Crippen LogP contribution in [0, 0.1) is 5.95 Å². The summed E-state index contributed by atoms with van der Waals surface area (Å²) < 4.78 is 41.6. The van der Waals surface area contributed by atoms with E-state index in [-0.39, 0.29) is 34.5 Å². The molecule has 28 heavy (non-hydrogen) atoms. The molecular formula is C17H20Cl2FN2O5P. The van der Waals surface area contributed by atoms with E-state index >= 15 is 0 Å². The van der Waals surface area contributed by atoms with Crippen molar-refractivity contribution in [2.24, 2.45) is 0 Å². The molecule has 2 rings (SSSR count). The predicted octanol–water partition coefficient (Wildman–Crippen LogP) is 6.00. The van der Waals surface area contributed by atoms with Crippen molar-refractivity contribution < 1.29 is 27.8 Å². The Balaban J connectivity index is 2.38. The molecule has 154 valence electrons. The van der Waals surface area contributed by atoms with Crippen molar-refractivity contribution in [3.63, 3.8) is 0 Å². The number of nitrogens with zero attached hydrogens (tertiary/aromatic N) is 1. The number of phenolic OH excluding ortho intramolecular Hbond substituents is 1. The number of halogens is 3. The highest BCUT2D eigenvalue weighted by molar-refractivity contribution is 7.53. The Morgan fingerprint density at radius 2 is 1.89 bits per heavy atom. The van der Waals surface area contributed by atoms with Gasteiger partial charge >= 0.3 is 7.60 Å². The zero-order valence-corrected chi connectivity index (χ0v) is 18.0. The molecule has 0 unspecified atom stereocenters. The number of hydrogen-bond donors (Lipinski definition) is 2. The lowest BCUT2D eigenvalue weighted by molar-refractivity contribution is 0.277. The maximum Gasteiger partial charge on any atom is 0.349 e. The van der Waals surface area contributed by atoms with Crippen molar-refractivity contribution >= 4 is 36.6 Å². The number of benzene rings is 1. The summed E-state index contributed by atoms with van der Waals surface area (Å²) in [5, 5.41) is 12.0. The molecule has 2 N–H and O–H groups in total. The summed E-state index contributed by atoms with van der Waals surface area (Å²) >= 11 is 12.2. The minimum Gasteiger partial charge on any atom is -0.508 e. The first-order valence-corrected chi connectivity index (χ1v) is 10.6. The number of ether oxygens (including phenoxy) is 1. The second-order valence-electron chi connectivity index (χ2n) is 6.00. The zero-order valence-electron chi connectivity index (χ0n) is 15.6. The molecule has 0 amide bonds. The van der Waals surface area contributed by atoms with Gasteiger partial charge in [-0.25, -0.2) is 0 Å². The van der Waals surface area contributed by atoms with Crippen LogP contribution in [0.4, 0.5) is 10.2 Å². The number of nitrogens with one attached hydrogen (secondary N) is 1. The van der Waals surface area contributed by atoms with Crippen LogP contribution >= 0.6 is 30.8 Å². The van der Waals surface area contributed by atoms with Crippen LogP contribution in [0.5, 0.6) is 17.2 Å². The van der Waals surface area contributed by atoms with Gasteiger partial charge < -0.3 is 24.2 Å². The van der Waals surface area contributed by atoms with Gasteiger partial charge in [-0.1, -0.05) is 37.0 Å². The van der Waals surface area contributed by atoms with Crippen LogP contribution in [0.2, 0.25) is 10.0 Å². The highest BCUT2D eigenvalue weighted by Gasteiger charge is 2.25. The summed E-state index contributed by atoms with van der Waals surface area (Å²) in [5.74, 6) is -0.924. The molecule has 0 radical (unpaired) electrons. The summed E-state index contributed by atoms with van der Waals surface area (Å²) in [7, 11) is -0.997. The summed E-state index contributed by atoms with van der Waals surface area (Å²) in [6.07, 6.45) is -0.302. The Labute approximate surface area is 172 Å². The minimum absolute atomic E-state index is 0.0260. The molecule has 1 heterocycles. The van der Waals surface area contributed by atoms with E-state index in [0.717, 1.165) is 0 Å². The van der Waals surface area contributed by atoms with Crippen LogP contribution in [0.1, 0.15) is 25.3 Å². The van der Waals surface area contributed by atoms with Gasteiger partial charge in [0.15, 0.2) is 11.6 Å². The zero-order chi connectivity index (χ0) is 21.1. The van der Waals surface area contributed by atoms with Gasteiger partial charge in [0, 0.05) is 19.8 Å². The van der Waals surface area contributed by atoms with E-state index < -0.39 is 18.6 Å². The molecule has 11 heteroatoms. The molecule has 0 aliphatic heterocycles. The van der Waals surface area contributed by atoms with Crippen molar-refractivity contribution in [3.8, 4) is 17.2 Å². The van der Waals surface area contributed by atoms with Crippen molar-refractivity contribution in [1.29, 1.82) is 0 Å². The van der Waals surface area contributed by atoms with E-state index in [4.69, 9.17) is 37.0 Å². The molecule has 0 bridgehead atoms. The van der Waals surface area contributed by atoms with Crippen LogP contribution < -0.4 is 10.1 Å². The fourth-order valence-electron chi connectivity index (χ4n) is 2.25. The Morgan fingerprint density at radius 1 is 1.25 bits per heavy atom. The average Bonchev–Trinajstić information content (AvgIpc) is 2.67. The highest BCUT2D eigenvalue weighted by atomic mass is 35.5. The van der Waals surface area contributed by atoms with Gasteiger partial charge in [-0.05, 0) is 24.1 Å². The fourth-order valence-corrected chi connectivity index (χ4v) is 3.47. The third kappa shape index (κ3) is 5.07. The molecule has 0 fully saturated rings. The first-order chi connectivity index (χ1) is 13.1. The van der Waals surface area contributed by atoms with Crippen LogP contribution in [-0.2, 0) is 13.6 Å². The van der Waals surface area contributed by atoms with Crippen LogP contribution in [0.25, 0.3) is 0 Å². The monoisotopic (exact) mass is 452 g/mol. The lowest BCUT2D eigenvalue weighted by atomic mass is 10.0. The fraction of sp³-hybridized carbons (Fsp3) is 0.353. The lowest BCUT2D eigenvalue weighted by Gasteiger charge is -2.17. The maximum atomic E-state index is 14.2. The molecule has 1 aromatic heterocycles. The summed E-state index contributed by atoms with van der Waals surface area (Å²) in [6.45, 7) is 3.80. The Kier molecular flexibility index (Phi) is 7.53. The number of aromatic nitrogens is 1. The molecule has 0 spiro atoms. The molecule has 0 saturated heterocycles. The van der Waals surface area contributed by atoms with Crippen LogP contribution in [0.15, 0.2) is 18.2 Å². The quantitative estimate of drug-likeness (QED) is 0.374. The second kappa shape index (κ2) is 9.29. The van der Waals surface area contributed by atoms with Crippen molar-refractivity contribution in [1.82, 2.24) is 4.98 Å². The van der Waals surface area contributed by atoms with E-state index in [1.807, 2.05) is 13.8 Å². The van der Waals surface area contributed by atoms with E-state index in [1.165, 1.54) is 26.4 Å². The van der Waals surface area contributed by atoms with Crippen molar-refractivity contribution in [2.75, 3.05) is 25.8 Å². The topological polar surface area (TPSA) is 89.9 Å². The third-order valence-electron chi connectivity index (χ3n) is 3.84. The first kappa shape index (κ1) is 22.7. The van der Waals surface area contributed by atoms with Gasteiger partial charge in [0.25, 0.3) is 0 Å². The normalized spacial score (nSPS) is 11.7. The number of pyridine rings is 1. The average molecular weight is 453 g/mol. The molecule has 0 aliphatic rings. The van der Waals surface area contributed by atoms with Gasteiger partial charge in [0.2, 0.25) is 5.95 Å². The predicted molar refractivity (Wildman–Crippen MR) is 107 cm³/mol. The number of phenols is 1. The van der Waals surface area contributed by atoms with Gasteiger partial charge in [0.1, 0.15) is 27.8 Å². The van der Waals surface area contributed by atoms with E-state index in [9.17, 15) is 14.1 Å². The summed E-state index contributed by atoms with van der Waals surface area (Å²) in [4.78, 5) is 3.61. The third-order valence-corrected chi connectivity index (χ3v) is 6.17. The van der Waals surface area contributed by atoms with Gasteiger partial charge in [-0.2, -0.15) is 9.37 Å². The number of aromatic hydroxyl groups is 1. The molecule has 2 aromatic rings. The van der Waals surface area contributed by atoms with Gasteiger partial charge in [0.05, 0.1) is 0 Å². The molecule has 0 atom stereocenters. The summed E-state index contributed by atoms with van der Waals surface area (Å²) in [5.41, 5.74) is 0.638.